The van der Waals surface area contributed by atoms with Crippen molar-refractivity contribution in [3.8, 4) is 5.69 Å². The Balaban J connectivity index is 2.30. The van der Waals surface area contributed by atoms with E-state index in [0.717, 1.165) is 16.8 Å². The summed E-state index contributed by atoms with van der Waals surface area (Å²) in [5, 5.41) is 5.56. The van der Waals surface area contributed by atoms with Crippen LogP contribution in [0.25, 0.3) is 16.7 Å². The highest BCUT2D eigenvalue weighted by molar-refractivity contribution is 6.34. The van der Waals surface area contributed by atoms with Crippen LogP contribution in [0.3, 0.4) is 0 Å². The lowest BCUT2D eigenvalue weighted by Gasteiger charge is -2.04. The second-order valence-corrected chi connectivity index (χ2v) is 4.81. The lowest BCUT2D eigenvalue weighted by atomic mass is 10.3. The van der Waals surface area contributed by atoms with Gasteiger partial charge >= 0.3 is 0 Å². The minimum atomic E-state index is -0.288. The zero-order valence-electron chi connectivity index (χ0n) is 11.1. The molecule has 6 heteroatoms. The van der Waals surface area contributed by atoms with E-state index >= 15 is 0 Å². The van der Waals surface area contributed by atoms with Crippen molar-refractivity contribution >= 4 is 22.6 Å². The van der Waals surface area contributed by atoms with Crippen molar-refractivity contribution in [2.75, 3.05) is 0 Å². The molecule has 0 saturated carbocycles. The number of aromatic nitrogens is 4. The number of hydrogen-bond acceptors (Lipinski definition) is 3. The number of aryl methyl sites for hydroxylation is 2. The third kappa shape index (κ3) is 2.04. The molecular formula is C14H12ClFN4. The first-order chi connectivity index (χ1) is 9.60. The van der Waals surface area contributed by atoms with Crippen LogP contribution in [0.5, 0.6) is 0 Å². The monoisotopic (exact) mass is 290 g/mol. The molecule has 2 aromatic heterocycles. The average molecular weight is 291 g/mol. The molecule has 20 heavy (non-hydrogen) atoms. The summed E-state index contributed by atoms with van der Waals surface area (Å²) in [4.78, 5) is 8.73. The van der Waals surface area contributed by atoms with Gasteiger partial charge in [0.05, 0.1) is 16.8 Å². The molecule has 0 aliphatic carbocycles. The fraction of sp³-hybridized carbons (Fsp3) is 0.214. The van der Waals surface area contributed by atoms with E-state index in [4.69, 9.17) is 11.6 Å². The van der Waals surface area contributed by atoms with Gasteiger partial charge in [-0.1, -0.05) is 18.5 Å². The molecule has 0 amide bonds. The predicted octanol–water partition coefficient (Wildman–Crippen LogP) is 3.48. The van der Waals surface area contributed by atoms with Crippen LogP contribution in [0.4, 0.5) is 4.39 Å². The van der Waals surface area contributed by atoms with Crippen molar-refractivity contribution in [3.63, 3.8) is 0 Å². The first-order valence-corrected chi connectivity index (χ1v) is 6.65. The molecule has 0 atom stereocenters. The summed E-state index contributed by atoms with van der Waals surface area (Å²) in [6.07, 6.45) is 0.684. The van der Waals surface area contributed by atoms with Crippen LogP contribution in [0.15, 0.2) is 24.3 Å². The first kappa shape index (κ1) is 13.0. The molecular weight excluding hydrogens is 279 g/mol. The summed E-state index contributed by atoms with van der Waals surface area (Å²) in [6, 6.07) is 6.09. The normalized spacial score (nSPS) is 11.2. The SMILES string of the molecule is CCc1nc(Cl)c2c(C)nn(-c3ccc(F)cc3)c2n1. The van der Waals surface area contributed by atoms with E-state index in [0.29, 0.717) is 23.0 Å². The van der Waals surface area contributed by atoms with Gasteiger partial charge in [0.1, 0.15) is 16.8 Å². The Morgan fingerprint density at radius 2 is 1.90 bits per heavy atom. The molecule has 0 saturated heterocycles. The lowest BCUT2D eigenvalue weighted by Crippen LogP contribution is -2.01. The standard InChI is InChI=1S/C14H12ClFN4/c1-3-11-17-13(15)12-8(2)19-20(14(12)18-11)10-6-4-9(16)5-7-10/h4-7H,3H2,1-2H3. The van der Waals surface area contributed by atoms with E-state index in [1.807, 2.05) is 13.8 Å². The van der Waals surface area contributed by atoms with Crippen molar-refractivity contribution in [3.05, 3.63) is 46.8 Å². The fourth-order valence-electron chi connectivity index (χ4n) is 2.10. The number of benzene rings is 1. The topological polar surface area (TPSA) is 43.6 Å². The van der Waals surface area contributed by atoms with Gasteiger partial charge in [0, 0.05) is 6.42 Å². The Bertz CT molecular complexity index is 780. The van der Waals surface area contributed by atoms with Crippen molar-refractivity contribution in [1.82, 2.24) is 19.7 Å². The van der Waals surface area contributed by atoms with Gasteiger partial charge in [-0.05, 0) is 31.2 Å². The quantitative estimate of drug-likeness (QED) is 0.679. The van der Waals surface area contributed by atoms with Gasteiger partial charge in [-0.25, -0.2) is 19.0 Å². The maximum atomic E-state index is 13.0. The maximum absolute atomic E-state index is 13.0. The fourth-order valence-corrected chi connectivity index (χ4v) is 2.42. The Morgan fingerprint density at radius 3 is 2.55 bits per heavy atom. The summed E-state index contributed by atoms with van der Waals surface area (Å²) < 4.78 is 14.7. The van der Waals surface area contributed by atoms with Crippen molar-refractivity contribution < 1.29 is 4.39 Å². The van der Waals surface area contributed by atoms with Crippen LogP contribution in [-0.4, -0.2) is 19.7 Å². The third-order valence-electron chi connectivity index (χ3n) is 3.09. The van der Waals surface area contributed by atoms with Gasteiger partial charge in [0.2, 0.25) is 0 Å². The lowest BCUT2D eigenvalue weighted by molar-refractivity contribution is 0.627. The van der Waals surface area contributed by atoms with E-state index in [1.54, 1.807) is 16.8 Å². The molecule has 0 bridgehead atoms. The minimum absolute atomic E-state index is 0.288. The van der Waals surface area contributed by atoms with E-state index in [1.165, 1.54) is 12.1 Å². The highest BCUT2D eigenvalue weighted by Crippen LogP contribution is 2.26. The minimum Gasteiger partial charge on any atom is -0.220 e. The number of nitrogens with zero attached hydrogens (tertiary/aromatic N) is 4. The Hall–Kier alpha value is -2.01. The second kappa shape index (κ2) is 4.83. The predicted molar refractivity (Wildman–Crippen MR) is 75.7 cm³/mol. The first-order valence-electron chi connectivity index (χ1n) is 6.28. The van der Waals surface area contributed by atoms with Gasteiger partial charge in [0.25, 0.3) is 0 Å². The summed E-state index contributed by atoms with van der Waals surface area (Å²) in [5.41, 5.74) is 2.13. The summed E-state index contributed by atoms with van der Waals surface area (Å²) in [5.74, 6) is 0.370. The van der Waals surface area contributed by atoms with Gasteiger partial charge < -0.3 is 0 Å². The summed E-state index contributed by atoms with van der Waals surface area (Å²) in [7, 11) is 0. The number of rotatable bonds is 2. The molecule has 3 rings (SSSR count). The number of fused-ring (bicyclic) bond motifs is 1. The molecule has 0 aliphatic heterocycles. The highest BCUT2D eigenvalue weighted by atomic mass is 35.5. The third-order valence-corrected chi connectivity index (χ3v) is 3.37. The van der Waals surface area contributed by atoms with Gasteiger partial charge in [0.15, 0.2) is 5.65 Å². The van der Waals surface area contributed by atoms with Crippen molar-refractivity contribution in [1.29, 1.82) is 0 Å². The molecule has 0 N–H and O–H groups in total. The van der Waals surface area contributed by atoms with Gasteiger partial charge in [-0.2, -0.15) is 5.10 Å². The molecule has 0 unspecified atom stereocenters. The second-order valence-electron chi connectivity index (χ2n) is 4.46. The molecule has 1 aromatic carbocycles. The summed E-state index contributed by atoms with van der Waals surface area (Å²) in [6.45, 7) is 3.81. The van der Waals surface area contributed by atoms with E-state index in [-0.39, 0.29) is 5.82 Å². The Kier molecular flexibility index (Phi) is 3.14. The van der Waals surface area contributed by atoms with Crippen molar-refractivity contribution in [2.24, 2.45) is 0 Å². The molecule has 0 spiro atoms. The van der Waals surface area contributed by atoms with Crippen LogP contribution >= 0.6 is 11.6 Å². The van der Waals surface area contributed by atoms with Gasteiger partial charge in [-0.15, -0.1) is 0 Å². The smallest absolute Gasteiger partial charge is 0.168 e. The van der Waals surface area contributed by atoms with Gasteiger partial charge in [-0.3, -0.25) is 0 Å². The van der Waals surface area contributed by atoms with Crippen LogP contribution in [0.2, 0.25) is 5.15 Å². The largest absolute Gasteiger partial charge is 0.220 e. The zero-order chi connectivity index (χ0) is 14.3. The van der Waals surface area contributed by atoms with Crippen LogP contribution < -0.4 is 0 Å². The van der Waals surface area contributed by atoms with Crippen LogP contribution in [-0.2, 0) is 6.42 Å². The molecule has 0 aliphatic rings. The number of halogens is 2. The molecule has 4 nitrogen and oxygen atoms in total. The molecule has 2 heterocycles. The van der Waals surface area contributed by atoms with Crippen LogP contribution in [0.1, 0.15) is 18.4 Å². The number of hydrogen-bond donors (Lipinski definition) is 0. The van der Waals surface area contributed by atoms with E-state index < -0.39 is 0 Å². The maximum Gasteiger partial charge on any atom is 0.168 e. The molecule has 3 aromatic rings. The Morgan fingerprint density at radius 1 is 1.20 bits per heavy atom. The van der Waals surface area contributed by atoms with Crippen molar-refractivity contribution in [2.45, 2.75) is 20.3 Å². The average Bonchev–Trinajstić information content (AvgIpc) is 2.77. The molecule has 0 fully saturated rings. The van der Waals surface area contributed by atoms with Crippen LogP contribution in [0, 0.1) is 12.7 Å². The molecule has 0 radical (unpaired) electrons. The zero-order valence-corrected chi connectivity index (χ0v) is 11.8. The Labute approximate surface area is 120 Å². The van der Waals surface area contributed by atoms with E-state index in [9.17, 15) is 4.39 Å². The molecule has 102 valence electrons. The van der Waals surface area contributed by atoms with E-state index in [2.05, 4.69) is 15.1 Å². The highest BCUT2D eigenvalue weighted by Gasteiger charge is 2.15. The summed E-state index contributed by atoms with van der Waals surface area (Å²) >= 11 is 6.21.